The fourth-order valence-electron chi connectivity index (χ4n) is 2.01. The number of nitrogen functional groups attached to an aromatic ring is 1. The van der Waals surface area contributed by atoms with Crippen molar-refractivity contribution in [3.63, 3.8) is 0 Å². The number of nitrogens with zero attached hydrogens (tertiary/aromatic N) is 2. The highest BCUT2D eigenvalue weighted by Gasteiger charge is 2.14. The second-order valence-corrected chi connectivity index (χ2v) is 4.53. The van der Waals surface area contributed by atoms with E-state index >= 15 is 0 Å². The van der Waals surface area contributed by atoms with Crippen LogP contribution in [0.3, 0.4) is 0 Å². The van der Waals surface area contributed by atoms with Crippen LogP contribution >= 0.6 is 0 Å². The summed E-state index contributed by atoms with van der Waals surface area (Å²) in [5.41, 5.74) is 7.07. The SMILES string of the molecule is CCN(CC)CCN(C)c1ccc(N)cc1C(=O)O. The van der Waals surface area contributed by atoms with Crippen molar-refractivity contribution in [2.45, 2.75) is 13.8 Å². The van der Waals surface area contributed by atoms with Gasteiger partial charge in [-0.1, -0.05) is 13.8 Å². The molecule has 1 aromatic carbocycles. The van der Waals surface area contributed by atoms with Crippen molar-refractivity contribution in [3.05, 3.63) is 23.8 Å². The van der Waals surface area contributed by atoms with Gasteiger partial charge in [-0.05, 0) is 31.3 Å². The molecule has 0 aliphatic heterocycles. The van der Waals surface area contributed by atoms with Crippen LogP contribution in [0.25, 0.3) is 0 Å². The second-order valence-electron chi connectivity index (χ2n) is 4.53. The molecule has 0 atom stereocenters. The van der Waals surface area contributed by atoms with Crippen LogP contribution in [-0.2, 0) is 0 Å². The first-order chi connectivity index (χ1) is 8.99. The molecule has 5 nitrogen and oxygen atoms in total. The van der Waals surface area contributed by atoms with Gasteiger partial charge in [-0.25, -0.2) is 4.79 Å². The number of rotatable bonds is 7. The molecule has 0 radical (unpaired) electrons. The molecular weight excluding hydrogens is 242 g/mol. The molecule has 19 heavy (non-hydrogen) atoms. The molecule has 0 unspecified atom stereocenters. The summed E-state index contributed by atoms with van der Waals surface area (Å²) in [6.07, 6.45) is 0. The Hall–Kier alpha value is -1.75. The average molecular weight is 265 g/mol. The van der Waals surface area contributed by atoms with Gasteiger partial charge in [0.1, 0.15) is 0 Å². The van der Waals surface area contributed by atoms with Gasteiger partial charge >= 0.3 is 5.97 Å². The van der Waals surface area contributed by atoms with Gasteiger partial charge in [-0.3, -0.25) is 0 Å². The molecule has 0 bridgehead atoms. The maximum atomic E-state index is 11.2. The third-order valence-corrected chi connectivity index (χ3v) is 3.31. The van der Waals surface area contributed by atoms with Crippen LogP contribution in [0.1, 0.15) is 24.2 Å². The zero-order valence-corrected chi connectivity index (χ0v) is 11.9. The monoisotopic (exact) mass is 265 g/mol. The Balaban J connectivity index is 2.81. The molecule has 0 amide bonds. The highest BCUT2D eigenvalue weighted by Crippen LogP contribution is 2.22. The number of aromatic carboxylic acids is 1. The van der Waals surface area contributed by atoms with E-state index in [1.807, 2.05) is 11.9 Å². The highest BCUT2D eigenvalue weighted by molar-refractivity contribution is 5.95. The zero-order valence-electron chi connectivity index (χ0n) is 11.9. The number of likely N-dealkylation sites (N-methyl/N-ethyl adjacent to an activating group) is 2. The fourth-order valence-corrected chi connectivity index (χ4v) is 2.01. The minimum atomic E-state index is -0.947. The van der Waals surface area contributed by atoms with E-state index in [2.05, 4.69) is 18.7 Å². The summed E-state index contributed by atoms with van der Waals surface area (Å²) in [4.78, 5) is 15.5. The van der Waals surface area contributed by atoms with E-state index in [1.54, 1.807) is 12.1 Å². The number of carboxylic acid groups (broad SMARTS) is 1. The molecule has 0 fully saturated rings. The Morgan fingerprint density at radius 2 is 1.89 bits per heavy atom. The Labute approximate surface area is 114 Å². The van der Waals surface area contributed by atoms with Gasteiger partial charge in [-0.2, -0.15) is 0 Å². The number of carboxylic acids is 1. The Bertz CT molecular complexity index is 431. The molecule has 0 aliphatic carbocycles. The summed E-state index contributed by atoms with van der Waals surface area (Å²) in [6, 6.07) is 5.00. The lowest BCUT2D eigenvalue weighted by Gasteiger charge is -2.25. The molecule has 5 heteroatoms. The smallest absolute Gasteiger partial charge is 0.337 e. The van der Waals surface area contributed by atoms with Crippen molar-refractivity contribution in [1.29, 1.82) is 0 Å². The first-order valence-corrected chi connectivity index (χ1v) is 6.55. The van der Waals surface area contributed by atoms with E-state index in [0.717, 1.165) is 26.2 Å². The number of hydrogen-bond donors (Lipinski definition) is 2. The topological polar surface area (TPSA) is 69.8 Å². The molecule has 0 heterocycles. The van der Waals surface area contributed by atoms with Crippen molar-refractivity contribution < 1.29 is 9.90 Å². The molecule has 1 aromatic rings. The molecule has 0 saturated carbocycles. The highest BCUT2D eigenvalue weighted by atomic mass is 16.4. The van der Waals surface area contributed by atoms with Gasteiger partial charge in [0, 0.05) is 25.8 Å². The Morgan fingerprint density at radius 1 is 1.26 bits per heavy atom. The molecule has 106 valence electrons. The predicted molar refractivity (Wildman–Crippen MR) is 78.9 cm³/mol. The van der Waals surface area contributed by atoms with Crippen molar-refractivity contribution in [3.8, 4) is 0 Å². The first kappa shape index (κ1) is 15.3. The minimum absolute atomic E-state index is 0.252. The van der Waals surface area contributed by atoms with Crippen molar-refractivity contribution in [2.24, 2.45) is 0 Å². The molecule has 0 spiro atoms. The standard InChI is InChI=1S/C14H23N3O2/c1-4-17(5-2)9-8-16(3)13-7-6-11(15)10-12(13)14(18)19/h6-7,10H,4-5,8-9,15H2,1-3H3,(H,18,19). The van der Waals surface area contributed by atoms with Gasteiger partial charge in [0.25, 0.3) is 0 Å². The Kier molecular flexibility index (Phi) is 5.63. The molecule has 0 aliphatic rings. The van der Waals surface area contributed by atoms with Crippen molar-refractivity contribution in [2.75, 3.05) is 43.9 Å². The van der Waals surface area contributed by atoms with E-state index in [4.69, 9.17) is 5.73 Å². The van der Waals surface area contributed by atoms with Crippen LogP contribution < -0.4 is 10.6 Å². The van der Waals surface area contributed by atoms with E-state index in [9.17, 15) is 9.90 Å². The van der Waals surface area contributed by atoms with Crippen LogP contribution in [0.5, 0.6) is 0 Å². The number of nitrogens with two attached hydrogens (primary N) is 1. The second kappa shape index (κ2) is 6.99. The molecule has 3 N–H and O–H groups in total. The van der Waals surface area contributed by atoms with Crippen molar-refractivity contribution in [1.82, 2.24) is 4.90 Å². The van der Waals surface area contributed by atoms with E-state index in [1.165, 1.54) is 6.07 Å². The summed E-state index contributed by atoms with van der Waals surface area (Å²) in [6.45, 7) is 7.93. The van der Waals surface area contributed by atoms with E-state index in [0.29, 0.717) is 11.4 Å². The molecule has 1 rings (SSSR count). The van der Waals surface area contributed by atoms with Crippen LogP contribution in [-0.4, -0.2) is 49.2 Å². The largest absolute Gasteiger partial charge is 0.478 e. The van der Waals surface area contributed by atoms with Gasteiger partial charge < -0.3 is 20.6 Å². The number of hydrogen-bond acceptors (Lipinski definition) is 4. The van der Waals surface area contributed by atoms with Gasteiger partial charge in [-0.15, -0.1) is 0 Å². The number of benzene rings is 1. The molecular formula is C14H23N3O2. The summed E-state index contributed by atoms with van der Waals surface area (Å²) in [7, 11) is 1.90. The number of anilines is 2. The summed E-state index contributed by atoms with van der Waals surface area (Å²) >= 11 is 0. The predicted octanol–water partition coefficient (Wildman–Crippen LogP) is 1.74. The fraction of sp³-hybridized carbons (Fsp3) is 0.500. The lowest BCUT2D eigenvalue weighted by atomic mass is 10.1. The van der Waals surface area contributed by atoms with Crippen molar-refractivity contribution >= 4 is 17.3 Å². The van der Waals surface area contributed by atoms with E-state index < -0.39 is 5.97 Å². The summed E-state index contributed by atoms with van der Waals surface area (Å²) in [5, 5.41) is 9.22. The molecule has 0 aromatic heterocycles. The lowest BCUT2D eigenvalue weighted by Crippen LogP contribution is -2.33. The van der Waals surface area contributed by atoms with Gasteiger partial charge in [0.2, 0.25) is 0 Å². The third kappa shape index (κ3) is 4.13. The normalized spacial score (nSPS) is 10.7. The Morgan fingerprint density at radius 3 is 2.42 bits per heavy atom. The average Bonchev–Trinajstić information content (AvgIpc) is 2.39. The van der Waals surface area contributed by atoms with Gasteiger partial charge in [0.15, 0.2) is 0 Å². The quantitative estimate of drug-likeness (QED) is 0.735. The molecule has 0 saturated heterocycles. The third-order valence-electron chi connectivity index (χ3n) is 3.31. The van der Waals surface area contributed by atoms with Crippen LogP contribution in [0.15, 0.2) is 18.2 Å². The van der Waals surface area contributed by atoms with Crippen LogP contribution in [0.4, 0.5) is 11.4 Å². The lowest BCUT2D eigenvalue weighted by molar-refractivity contribution is 0.0697. The van der Waals surface area contributed by atoms with Crippen LogP contribution in [0.2, 0.25) is 0 Å². The van der Waals surface area contributed by atoms with Gasteiger partial charge in [0.05, 0.1) is 11.3 Å². The van der Waals surface area contributed by atoms with Crippen LogP contribution in [0, 0.1) is 0 Å². The zero-order chi connectivity index (χ0) is 14.4. The maximum Gasteiger partial charge on any atom is 0.337 e. The minimum Gasteiger partial charge on any atom is -0.478 e. The van der Waals surface area contributed by atoms with E-state index in [-0.39, 0.29) is 5.56 Å². The number of carbonyl (C=O) groups is 1. The summed E-state index contributed by atoms with van der Waals surface area (Å²) in [5.74, 6) is -0.947. The maximum absolute atomic E-state index is 11.2. The summed E-state index contributed by atoms with van der Waals surface area (Å²) < 4.78 is 0. The first-order valence-electron chi connectivity index (χ1n) is 6.55.